The van der Waals surface area contributed by atoms with Crippen molar-refractivity contribution in [3.63, 3.8) is 0 Å². The molecule has 0 amide bonds. The van der Waals surface area contributed by atoms with E-state index >= 15 is 0 Å². The van der Waals surface area contributed by atoms with E-state index in [0.29, 0.717) is 0 Å². The van der Waals surface area contributed by atoms with Crippen LogP contribution in [0.2, 0.25) is 0 Å². The van der Waals surface area contributed by atoms with Crippen LogP contribution < -0.4 is 10.1 Å². The van der Waals surface area contributed by atoms with Gasteiger partial charge in [0.05, 0.1) is 31.8 Å². The van der Waals surface area contributed by atoms with Crippen LogP contribution in [0, 0.1) is 6.92 Å². The third-order valence-corrected chi connectivity index (χ3v) is 4.09. The van der Waals surface area contributed by atoms with Crippen molar-refractivity contribution in [1.82, 2.24) is 4.98 Å². The van der Waals surface area contributed by atoms with Gasteiger partial charge in [-0.25, -0.2) is 0 Å². The molecular formula is C20H20N2O3. The summed E-state index contributed by atoms with van der Waals surface area (Å²) in [5.74, 6) is 0.462. The topological polar surface area (TPSA) is 60.5 Å². The number of aromatic nitrogens is 1. The molecule has 2 aromatic carbocycles. The number of pyridine rings is 1. The van der Waals surface area contributed by atoms with Crippen molar-refractivity contribution in [2.45, 2.75) is 13.3 Å². The number of carbonyl (C=O) groups is 1. The van der Waals surface area contributed by atoms with Gasteiger partial charge in [0.1, 0.15) is 5.75 Å². The third-order valence-electron chi connectivity index (χ3n) is 4.09. The minimum absolute atomic E-state index is 0.159. The Hall–Kier alpha value is -3.08. The number of anilines is 2. The maximum Gasteiger partial charge on any atom is 0.310 e. The zero-order chi connectivity index (χ0) is 17.8. The molecule has 1 heterocycles. The minimum Gasteiger partial charge on any atom is -0.497 e. The van der Waals surface area contributed by atoms with Gasteiger partial charge < -0.3 is 14.8 Å². The zero-order valence-electron chi connectivity index (χ0n) is 14.5. The van der Waals surface area contributed by atoms with E-state index in [-0.39, 0.29) is 12.4 Å². The Morgan fingerprint density at radius 1 is 1.12 bits per heavy atom. The zero-order valence-corrected chi connectivity index (χ0v) is 14.5. The van der Waals surface area contributed by atoms with Crippen molar-refractivity contribution >= 4 is 28.2 Å². The molecule has 0 aliphatic carbocycles. The van der Waals surface area contributed by atoms with Gasteiger partial charge in [-0.2, -0.15) is 0 Å². The molecule has 1 aromatic heterocycles. The molecule has 3 rings (SSSR count). The number of benzene rings is 2. The molecule has 0 spiro atoms. The van der Waals surface area contributed by atoms with E-state index in [2.05, 4.69) is 10.3 Å². The van der Waals surface area contributed by atoms with Gasteiger partial charge in [-0.1, -0.05) is 24.3 Å². The Morgan fingerprint density at radius 3 is 2.68 bits per heavy atom. The van der Waals surface area contributed by atoms with E-state index in [4.69, 9.17) is 9.47 Å². The number of hydrogen-bond donors (Lipinski definition) is 1. The van der Waals surface area contributed by atoms with Crippen molar-refractivity contribution in [2.75, 3.05) is 19.5 Å². The first-order valence-corrected chi connectivity index (χ1v) is 7.98. The predicted octanol–water partition coefficient (Wildman–Crippen LogP) is 4.01. The van der Waals surface area contributed by atoms with Crippen molar-refractivity contribution in [3.8, 4) is 5.75 Å². The number of hydrogen-bond acceptors (Lipinski definition) is 5. The van der Waals surface area contributed by atoms with Gasteiger partial charge in [-0.05, 0) is 25.1 Å². The number of ether oxygens (including phenoxy) is 2. The fraction of sp³-hybridized carbons (Fsp3) is 0.200. The first kappa shape index (κ1) is 16.8. The van der Waals surface area contributed by atoms with E-state index in [1.165, 1.54) is 7.11 Å². The number of nitrogens with one attached hydrogen (secondary N) is 1. The SMILES string of the molecule is COC(=O)Cc1c(C)nc2ccccc2c1Nc1cccc(OC)c1. The van der Waals surface area contributed by atoms with Crippen LogP contribution in [-0.2, 0) is 16.0 Å². The van der Waals surface area contributed by atoms with Gasteiger partial charge in [0.2, 0.25) is 0 Å². The third kappa shape index (κ3) is 3.55. The average molecular weight is 336 g/mol. The lowest BCUT2D eigenvalue weighted by molar-refractivity contribution is -0.139. The summed E-state index contributed by atoms with van der Waals surface area (Å²) in [6.07, 6.45) is 0.159. The van der Waals surface area contributed by atoms with E-state index in [0.717, 1.165) is 39.3 Å². The first-order chi connectivity index (χ1) is 12.1. The normalized spacial score (nSPS) is 10.5. The van der Waals surface area contributed by atoms with Gasteiger partial charge in [-0.3, -0.25) is 9.78 Å². The Labute approximate surface area is 146 Å². The minimum atomic E-state index is -0.297. The van der Waals surface area contributed by atoms with Gasteiger partial charge >= 0.3 is 5.97 Å². The van der Waals surface area contributed by atoms with Crippen molar-refractivity contribution in [1.29, 1.82) is 0 Å². The van der Waals surface area contributed by atoms with Crippen LogP contribution >= 0.6 is 0 Å². The van der Waals surface area contributed by atoms with Crippen LogP contribution in [0.15, 0.2) is 48.5 Å². The summed E-state index contributed by atoms with van der Waals surface area (Å²) in [7, 11) is 3.02. The lowest BCUT2D eigenvalue weighted by atomic mass is 10.0. The second-order valence-electron chi connectivity index (χ2n) is 5.68. The largest absolute Gasteiger partial charge is 0.497 e. The molecule has 0 fully saturated rings. The molecule has 0 saturated heterocycles. The first-order valence-electron chi connectivity index (χ1n) is 7.98. The molecule has 128 valence electrons. The molecule has 0 aliphatic rings. The molecule has 0 atom stereocenters. The highest BCUT2D eigenvalue weighted by Crippen LogP contribution is 2.32. The fourth-order valence-corrected chi connectivity index (χ4v) is 2.79. The molecule has 0 aliphatic heterocycles. The highest BCUT2D eigenvalue weighted by Gasteiger charge is 2.16. The number of nitrogens with zero attached hydrogens (tertiary/aromatic N) is 1. The summed E-state index contributed by atoms with van der Waals surface area (Å²) in [6.45, 7) is 1.90. The average Bonchev–Trinajstić information content (AvgIpc) is 2.64. The number of fused-ring (bicyclic) bond motifs is 1. The maximum absolute atomic E-state index is 11.9. The monoisotopic (exact) mass is 336 g/mol. The van der Waals surface area contributed by atoms with Crippen LogP contribution in [-0.4, -0.2) is 25.2 Å². The highest BCUT2D eigenvalue weighted by atomic mass is 16.5. The van der Waals surface area contributed by atoms with Gasteiger partial charge in [0.25, 0.3) is 0 Å². The summed E-state index contributed by atoms with van der Waals surface area (Å²) >= 11 is 0. The lowest BCUT2D eigenvalue weighted by Gasteiger charge is -2.17. The molecule has 1 N–H and O–H groups in total. The van der Waals surface area contributed by atoms with Crippen molar-refractivity contribution < 1.29 is 14.3 Å². The number of methoxy groups -OCH3 is 2. The molecule has 3 aromatic rings. The van der Waals surface area contributed by atoms with Crippen molar-refractivity contribution in [2.24, 2.45) is 0 Å². The number of esters is 1. The highest BCUT2D eigenvalue weighted by molar-refractivity contribution is 5.96. The maximum atomic E-state index is 11.9. The van der Waals surface area contributed by atoms with Crippen LogP contribution in [0.4, 0.5) is 11.4 Å². The van der Waals surface area contributed by atoms with Crippen LogP contribution in [0.1, 0.15) is 11.3 Å². The summed E-state index contributed by atoms with van der Waals surface area (Å²) < 4.78 is 10.1. The molecule has 0 saturated carbocycles. The van der Waals surface area contributed by atoms with E-state index in [9.17, 15) is 4.79 Å². The van der Waals surface area contributed by atoms with Gasteiger partial charge in [0, 0.05) is 28.4 Å². The van der Waals surface area contributed by atoms with Gasteiger partial charge in [0.15, 0.2) is 0 Å². The molecule has 0 radical (unpaired) electrons. The molecule has 0 bridgehead atoms. The smallest absolute Gasteiger partial charge is 0.310 e. The van der Waals surface area contributed by atoms with Crippen molar-refractivity contribution in [3.05, 3.63) is 59.8 Å². The standard InChI is InChI=1S/C20H20N2O3/c1-13-17(12-19(23)25-3)20(16-9-4-5-10-18(16)21-13)22-14-7-6-8-15(11-14)24-2/h4-11H,12H2,1-3H3,(H,21,22). The molecule has 0 unspecified atom stereocenters. The number of aryl methyl sites for hydroxylation is 1. The molecule has 25 heavy (non-hydrogen) atoms. The van der Waals surface area contributed by atoms with E-state index in [1.807, 2.05) is 55.5 Å². The van der Waals surface area contributed by atoms with Crippen LogP contribution in [0.25, 0.3) is 10.9 Å². The number of carbonyl (C=O) groups excluding carboxylic acids is 1. The second kappa shape index (κ2) is 7.21. The Morgan fingerprint density at radius 2 is 1.92 bits per heavy atom. The number of rotatable bonds is 5. The summed E-state index contributed by atoms with van der Waals surface area (Å²) in [4.78, 5) is 16.5. The lowest BCUT2D eigenvalue weighted by Crippen LogP contribution is -2.10. The molecule has 5 nitrogen and oxygen atoms in total. The Kier molecular flexibility index (Phi) is 4.84. The Bertz CT molecular complexity index is 922. The molecule has 5 heteroatoms. The second-order valence-corrected chi connectivity index (χ2v) is 5.68. The summed E-state index contributed by atoms with van der Waals surface area (Å²) in [6, 6.07) is 15.5. The number of para-hydroxylation sites is 1. The van der Waals surface area contributed by atoms with E-state index in [1.54, 1.807) is 7.11 Å². The Balaban J connectivity index is 2.15. The predicted molar refractivity (Wildman–Crippen MR) is 98.5 cm³/mol. The summed E-state index contributed by atoms with van der Waals surface area (Å²) in [5, 5.41) is 4.39. The van der Waals surface area contributed by atoms with Gasteiger partial charge in [-0.15, -0.1) is 0 Å². The summed E-state index contributed by atoms with van der Waals surface area (Å²) in [5.41, 5.74) is 4.24. The fourth-order valence-electron chi connectivity index (χ4n) is 2.79. The van der Waals surface area contributed by atoms with E-state index < -0.39 is 0 Å². The van der Waals surface area contributed by atoms with Crippen LogP contribution in [0.5, 0.6) is 5.75 Å². The molecular weight excluding hydrogens is 316 g/mol. The van der Waals surface area contributed by atoms with Crippen LogP contribution in [0.3, 0.4) is 0 Å². The quantitative estimate of drug-likeness (QED) is 0.713.